The number of hydrogen-bond acceptors (Lipinski definition) is 5. The van der Waals surface area contributed by atoms with E-state index < -0.39 is 26.4 Å². The predicted molar refractivity (Wildman–Crippen MR) is 121 cm³/mol. The van der Waals surface area contributed by atoms with Crippen molar-refractivity contribution in [3.05, 3.63) is 50.2 Å². The normalized spacial score (nSPS) is 15.4. The van der Waals surface area contributed by atoms with Gasteiger partial charge in [-0.3, -0.25) is 9.40 Å². The summed E-state index contributed by atoms with van der Waals surface area (Å²) in [4.78, 5) is 4.39. The first kappa shape index (κ1) is 22.3. The van der Waals surface area contributed by atoms with Gasteiger partial charge in [-0.1, -0.05) is 6.07 Å². The van der Waals surface area contributed by atoms with Gasteiger partial charge in [0.2, 0.25) is 10.0 Å². The zero-order valence-electron chi connectivity index (χ0n) is 16.9. The lowest BCUT2D eigenvalue weighted by atomic mass is 10.0. The van der Waals surface area contributed by atoms with Crippen molar-refractivity contribution in [1.82, 2.24) is 14.8 Å². The molecule has 2 heterocycles. The number of fused-ring (bicyclic) bond motifs is 1. The Hall–Kier alpha value is -1.86. The second-order valence-corrected chi connectivity index (χ2v) is 11.2. The van der Waals surface area contributed by atoms with Crippen molar-refractivity contribution in [3.8, 4) is 0 Å². The van der Waals surface area contributed by atoms with Crippen LogP contribution in [0.15, 0.2) is 18.2 Å². The van der Waals surface area contributed by atoms with Crippen molar-refractivity contribution in [2.24, 2.45) is 7.05 Å². The van der Waals surface area contributed by atoms with Crippen molar-refractivity contribution in [2.75, 3.05) is 11.3 Å². The number of nitrogens with zero attached hydrogens (tertiary/aromatic N) is 3. The Bertz CT molecular complexity index is 1290. The Morgan fingerprint density at radius 2 is 2.00 bits per heavy atom. The van der Waals surface area contributed by atoms with Crippen molar-refractivity contribution in [3.63, 3.8) is 0 Å². The summed E-state index contributed by atoms with van der Waals surface area (Å²) in [5, 5.41) is 13.4. The second kappa shape index (κ2) is 7.93. The molecule has 3 aromatic rings. The molecule has 4 rings (SSSR count). The van der Waals surface area contributed by atoms with E-state index in [9.17, 15) is 17.9 Å². The molecule has 0 radical (unpaired) electrons. The predicted octanol–water partition coefficient (Wildman–Crippen LogP) is 3.41. The monoisotopic (exact) mass is 562 g/mol. The standard InChI is InChI=1S/C20H21F2IN4O3S/c1-11-17-18(25-27(11)2)16(22)14(9-12-3-4-13(23)10-15(12)21)19(24-17)26-31(29,30)20(5-6-20)7-8-28/h3-4,10,28H,5-9H2,1-2H3,(H,24,26). The quantitative estimate of drug-likeness (QED) is 0.431. The highest BCUT2D eigenvalue weighted by atomic mass is 127. The third-order valence-electron chi connectivity index (χ3n) is 5.84. The van der Waals surface area contributed by atoms with Crippen LogP contribution in [0, 0.1) is 22.1 Å². The molecule has 31 heavy (non-hydrogen) atoms. The molecule has 11 heteroatoms. The SMILES string of the molecule is Cc1c2nc(NS(=O)(=O)C3(CCO)CC3)c(Cc3ccc(I)cc3F)c(F)c2nn1C. The van der Waals surface area contributed by atoms with Gasteiger partial charge in [-0.2, -0.15) is 5.10 Å². The maximum atomic E-state index is 15.5. The van der Waals surface area contributed by atoms with E-state index in [4.69, 9.17) is 0 Å². The van der Waals surface area contributed by atoms with Crippen molar-refractivity contribution >= 4 is 49.5 Å². The molecule has 0 aliphatic heterocycles. The minimum absolute atomic E-state index is 0.000334. The third-order valence-corrected chi connectivity index (χ3v) is 8.73. The second-order valence-electron chi connectivity index (χ2n) is 7.83. The van der Waals surface area contributed by atoms with Gasteiger partial charge in [0.1, 0.15) is 22.7 Å². The number of aromatic nitrogens is 3. The number of rotatable bonds is 7. The molecule has 1 aromatic carbocycles. The molecule has 2 aromatic heterocycles. The summed E-state index contributed by atoms with van der Waals surface area (Å²) in [6.45, 7) is 1.43. The fraction of sp³-hybridized carbons (Fsp3) is 0.400. The Kier molecular flexibility index (Phi) is 5.71. The number of hydrogen-bond donors (Lipinski definition) is 2. The first-order valence-electron chi connectivity index (χ1n) is 9.67. The number of anilines is 1. The third kappa shape index (κ3) is 3.91. The Labute approximate surface area is 192 Å². The average Bonchev–Trinajstić information content (AvgIpc) is 3.43. The number of pyridine rings is 1. The molecular formula is C20H21F2IN4O3S. The van der Waals surface area contributed by atoms with Crippen LogP contribution in [0.5, 0.6) is 0 Å². The molecule has 7 nitrogen and oxygen atoms in total. The molecule has 0 saturated heterocycles. The average molecular weight is 562 g/mol. The van der Waals surface area contributed by atoms with Gasteiger partial charge >= 0.3 is 0 Å². The molecule has 0 unspecified atom stereocenters. The topological polar surface area (TPSA) is 97.1 Å². The first-order valence-corrected chi connectivity index (χ1v) is 12.2. The summed E-state index contributed by atoms with van der Waals surface area (Å²) in [5.41, 5.74) is 0.939. The number of sulfonamides is 1. The summed E-state index contributed by atoms with van der Waals surface area (Å²) in [7, 11) is -2.31. The van der Waals surface area contributed by atoms with E-state index in [1.807, 2.05) is 22.6 Å². The molecule has 166 valence electrons. The van der Waals surface area contributed by atoms with Crippen LogP contribution in [-0.2, 0) is 23.5 Å². The van der Waals surface area contributed by atoms with Gasteiger partial charge in [0.25, 0.3) is 0 Å². The van der Waals surface area contributed by atoms with Gasteiger partial charge in [0.15, 0.2) is 5.82 Å². The number of aryl methyl sites for hydroxylation is 2. The lowest BCUT2D eigenvalue weighted by Gasteiger charge is -2.19. The lowest BCUT2D eigenvalue weighted by Crippen LogP contribution is -2.31. The lowest BCUT2D eigenvalue weighted by molar-refractivity contribution is 0.283. The van der Waals surface area contributed by atoms with Crippen LogP contribution in [0.3, 0.4) is 0 Å². The molecule has 1 fully saturated rings. The minimum Gasteiger partial charge on any atom is -0.396 e. The Morgan fingerprint density at radius 1 is 1.29 bits per heavy atom. The van der Waals surface area contributed by atoms with E-state index in [2.05, 4.69) is 14.8 Å². The van der Waals surface area contributed by atoms with E-state index in [0.29, 0.717) is 22.1 Å². The van der Waals surface area contributed by atoms with Crippen molar-refractivity contribution < 1.29 is 22.3 Å². The zero-order chi connectivity index (χ0) is 22.6. The molecule has 0 spiro atoms. The summed E-state index contributed by atoms with van der Waals surface area (Å²) < 4.78 is 59.6. The van der Waals surface area contributed by atoms with Crippen molar-refractivity contribution in [1.29, 1.82) is 0 Å². The maximum absolute atomic E-state index is 15.5. The number of aliphatic hydroxyl groups is 1. The number of aliphatic hydroxyl groups excluding tert-OH is 1. The summed E-state index contributed by atoms with van der Waals surface area (Å²) in [5.74, 6) is -1.43. The molecule has 0 amide bonds. The van der Waals surface area contributed by atoms with Crippen LogP contribution in [0.1, 0.15) is 36.1 Å². The van der Waals surface area contributed by atoms with E-state index in [1.165, 1.54) is 16.8 Å². The Balaban J connectivity index is 1.86. The number of nitrogens with one attached hydrogen (secondary N) is 1. The van der Waals surface area contributed by atoms with Crippen LogP contribution in [0.2, 0.25) is 0 Å². The van der Waals surface area contributed by atoms with Crippen LogP contribution < -0.4 is 4.72 Å². The molecular weight excluding hydrogens is 541 g/mol. The molecule has 0 bridgehead atoms. The maximum Gasteiger partial charge on any atom is 0.239 e. The minimum atomic E-state index is -3.95. The van der Waals surface area contributed by atoms with Gasteiger partial charge < -0.3 is 5.11 Å². The fourth-order valence-electron chi connectivity index (χ4n) is 3.64. The summed E-state index contributed by atoms with van der Waals surface area (Å²) in [6.07, 6.45) is 0.694. The van der Waals surface area contributed by atoms with E-state index in [0.717, 1.165) is 0 Å². The van der Waals surface area contributed by atoms with Crippen LogP contribution in [0.4, 0.5) is 14.6 Å². The van der Waals surface area contributed by atoms with Crippen LogP contribution >= 0.6 is 22.6 Å². The number of benzene rings is 1. The first-order chi connectivity index (χ1) is 14.6. The molecule has 1 aliphatic carbocycles. The number of halogens is 3. The molecule has 2 N–H and O–H groups in total. The van der Waals surface area contributed by atoms with Gasteiger partial charge in [-0.15, -0.1) is 0 Å². The highest BCUT2D eigenvalue weighted by Crippen LogP contribution is 2.47. The fourth-order valence-corrected chi connectivity index (χ4v) is 5.73. The van der Waals surface area contributed by atoms with E-state index in [1.54, 1.807) is 20.0 Å². The Morgan fingerprint density at radius 3 is 2.61 bits per heavy atom. The highest BCUT2D eigenvalue weighted by Gasteiger charge is 2.54. The van der Waals surface area contributed by atoms with Gasteiger partial charge in [-0.25, -0.2) is 22.2 Å². The summed E-state index contributed by atoms with van der Waals surface area (Å²) >= 11 is 1.97. The highest BCUT2D eigenvalue weighted by molar-refractivity contribution is 14.1. The van der Waals surface area contributed by atoms with E-state index in [-0.39, 0.29) is 47.4 Å². The van der Waals surface area contributed by atoms with Gasteiger partial charge in [0, 0.05) is 29.2 Å². The van der Waals surface area contributed by atoms with E-state index >= 15 is 4.39 Å². The van der Waals surface area contributed by atoms with Gasteiger partial charge in [0.05, 0.1) is 10.4 Å². The molecule has 1 aliphatic rings. The van der Waals surface area contributed by atoms with Gasteiger partial charge in [-0.05, 0) is 66.5 Å². The smallest absolute Gasteiger partial charge is 0.239 e. The zero-order valence-corrected chi connectivity index (χ0v) is 19.9. The largest absolute Gasteiger partial charge is 0.396 e. The summed E-state index contributed by atoms with van der Waals surface area (Å²) in [6, 6.07) is 4.56. The van der Waals surface area contributed by atoms with Crippen LogP contribution in [-0.4, -0.2) is 39.6 Å². The molecule has 1 saturated carbocycles. The molecule has 0 atom stereocenters. The van der Waals surface area contributed by atoms with Crippen molar-refractivity contribution in [2.45, 2.75) is 37.4 Å². The van der Waals surface area contributed by atoms with Crippen LogP contribution in [0.25, 0.3) is 11.0 Å².